The maximum absolute atomic E-state index is 11.3. The zero-order chi connectivity index (χ0) is 12.6. The molecule has 1 amide bonds. The Morgan fingerprint density at radius 1 is 1.06 bits per heavy atom. The molecular formula is C14H12N2O2. The molecular weight excluding hydrogens is 228 g/mol. The quantitative estimate of drug-likeness (QED) is 0.697. The molecule has 1 aliphatic heterocycles. The van der Waals surface area contributed by atoms with Crippen LogP contribution in [-0.4, -0.2) is 5.91 Å². The van der Waals surface area contributed by atoms with E-state index in [1.54, 1.807) is 18.2 Å². The number of nitrogens with zero attached hydrogens (tertiary/aromatic N) is 2. The lowest BCUT2D eigenvalue weighted by Gasteiger charge is -2.00. The van der Waals surface area contributed by atoms with Gasteiger partial charge in [-0.2, -0.15) is 0 Å². The van der Waals surface area contributed by atoms with Gasteiger partial charge in [-0.15, -0.1) is 0 Å². The Bertz CT molecular complexity index is 542. The van der Waals surface area contributed by atoms with E-state index in [1.807, 2.05) is 42.5 Å². The van der Waals surface area contributed by atoms with Crippen LogP contribution in [0.15, 0.2) is 65.0 Å². The number of carbonyl (C=O) groups is 1. The molecule has 0 radical (unpaired) electrons. The Kier molecular flexibility index (Phi) is 4.19. The van der Waals surface area contributed by atoms with E-state index in [4.69, 9.17) is 4.84 Å². The average molecular weight is 240 g/mol. The molecule has 0 saturated carbocycles. The number of hydrogen-bond donors (Lipinski definition) is 0. The van der Waals surface area contributed by atoms with Gasteiger partial charge in [0.2, 0.25) is 0 Å². The third-order valence-electron chi connectivity index (χ3n) is 2.25. The average Bonchev–Trinajstić information content (AvgIpc) is 2.40. The van der Waals surface area contributed by atoms with E-state index in [1.165, 1.54) is 0 Å². The third kappa shape index (κ3) is 3.52. The first kappa shape index (κ1) is 12.0. The van der Waals surface area contributed by atoms with Crippen molar-refractivity contribution in [3.63, 3.8) is 0 Å². The largest absolute Gasteiger partial charge is 0.339 e. The van der Waals surface area contributed by atoms with Crippen LogP contribution in [-0.2, 0) is 4.79 Å². The Hall–Kier alpha value is -2.49. The number of fused-ring (bicyclic) bond motifs is 1. The minimum Gasteiger partial charge on any atom is -0.339 e. The van der Waals surface area contributed by atoms with Gasteiger partial charge < -0.3 is 4.84 Å². The molecule has 0 atom stereocenters. The number of allylic oxidation sites excluding steroid dienone is 4. The van der Waals surface area contributed by atoms with Crippen LogP contribution in [0.1, 0.15) is 12.0 Å². The highest BCUT2D eigenvalue weighted by Crippen LogP contribution is 2.19. The van der Waals surface area contributed by atoms with Crippen LogP contribution in [0.3, 0.4) is 0 Å². The molecule has 0 N–H and O–H groups in total. The first-order valence-electron chi connectivity index (χ1n) is 5.56. The molecule has 18 heavy (non-hydrogen) atoms. The lowest BCUT2D eigenvalue weighted by Crippen LogP contribution is -1.91. The maximum Gasteiger partial charge on any atom is 0.271 e. The van der Waals surface area contributed by atoms with Crippen molar-refractivity contribution in [2.45, 2.75) is 6.42 Å². The summed E-state index contributed by atoms with van der Waals surface area (Å²) in [5, 5.41) is 6.90. The summed E-state index contributed by atoms with van der Waals surface area (Å²) in [7, 11) is 0. The van der Waals surface area contributed by atoms with Gasteiger partial charge in [0, 0.05) is 17.3 Å². The van der Waals surface area contributed by atoms with Gasteiger partial charge in [0.05, 0.1) is 0 Å². The van der Waals surface area contributed by atoms with Crippen molar-refractivity contribution in [3.8, 4) is 5.75 Å². The zero-order valence-electron chi connectivity index (χ0n) is 9.69. The molecule has 0 aromatic heterocycles. The summed E-state index contributed by atoms with van der Waals surface area (Å²) >= 11 is 0. The van der Waals surface area contributed by atoms with Crippen LogP contribution in [0.5, 0.6) is 5.75 Å². The number of carbonyl (C=O) groups excluding carboxylic acids is 1. The summed E-state index contributed by atoms with van der Waals surface area (Å²) in [6.07, 6.45) is 11.2. The summed E-state index contributed by atoms with van der Waals surface area (Å²) < 4.78 is 0. The highest BCUT2D eigenvalue weighted by Gasteiger charge is 2.00. The molecule has 1 aromatic carbocycles. The minimum atomic E-state index is -0.343. The SMILES string of the molecule is O=C1CC=CC=CC=Cc2ccccc2ON=N1. The summed E-state index contributed by atoms with van der Waals surface area (Å²) in [4.78, 5) is 16.4. The lowest BCUT2D eigenvalue weighted by molar-refractivity contribution is -0.117. The van der Waals surface area contributed by atoms with Crippen molar-refractivity contribution in [2.24, 2.45) is 10.4 Å². The molecule has 90 valence electrons. The molecule has 0 spiro atoms. The van der Waals surface area contributed by atoms with Crippen molar-refractivity contribution < 1.29 is 9.63 Å². The lowest BCUT2D eigenvalue weighted by atomic mass is 10.2. The van der Waals surface area contributed by atoms with Crippen LogP contribution in [0.2, 0.25) is 0 Å². The number of amides is 1. The third-order valence-corrected chi connectivity index (χ3v) is 2.25. The fourth-order valence-corrected chi connectivity index (χ4v) is 1.39. The first-order chi connectivity index (χ1) is 8.86. The highest BCUT2D eigenvalue weighted by molar-refractivity contribution is 5.77. The van der Waals surface area contributed by atoms with Crippen LogP contribution < -0.4 is 4.84 Å². The number of para-hydroxylation sites is 1. The minimum absolute atomic E-state index is 0.211. The second-order valence-corrected chi connectivity index (χ2v) is 3.58. The first-order valence-corrected chi connectivity index (χ1v) is 5.56. The fraction of sp³-hybridized carbons (Fsp3) is 0.0714. The second kappa shape index (κ2) is 6.30. The Labute approximate surface area is 105 Å². The van der Waals surface area contributed by atoms with Gasteiger partial charge in [-0.05, 0) is 6.07 Å². The van der Waals surface area contributed by atoms with Crippen molar-refractivity contribution in [2.75, 3.05) is 0 Å². The Morgan fingerprint density at radius 2 is 1.89 bits per heavy atom. The summed E-state index contributed by atoms with van der Waals surface area (Å²) in [5.41, 5.74) is 0.872. The smallest absolute Gasteiger partial charge is 0.271 e. The van der Waals surface area contributed by atoms with Crippen LogP contribution in [0.4, 0.5) is 0 Å². The molecule has 0 fully saturated rings. The molecule has 0 saturated heterocycles. The van der Waals surface area contributed by atoms with Crippen LogP contribution >= 0.6 is 0 Å². The van der Waals surface area contributed by atoms with E-state index in [-0.39, 0.29) is 12.3 Å². The van der Waals surface area contributed by atoms with Gasteiger partial charge in [-0.25, -0.2) is 0 Å². The maximum atomic E-state index is 11.3. The van der Waals surface area contributed by atoms with Gasteiger partial charge in [0.15, 0.2) is 5.75 Å². The van der Waals surface area contributed by atoms with Gasteiger partial charge in [0.1, 0.15) is 0 Å². The van der Waals surface area contributed by atoms with Crippen LogP contribution in [0, 0.1) is 0 Å². The molecule has 0 bridgehead atoms. The fourth-order valence-electron chi connectivity index (χ4n) is 1.39. The van der Waals surface area contributed by atoms with Crippen LogP contribution in [0.25, 0.3) is 6.08 Å². The van der Waals surface area contributed by atoms with E-state index in [2.05, 4.69) is 10.4 Å². The van der Waals surface area contributed by atoms with Gasteiger partial charge in [0.25, 0.3) is 5.91 Å². The van der Waals surface area contributed by atoms with Crippen molar-refractivity contribution in [3.05, 3.63) is 60.2 Å². The number of rotatable bonds is 0. The number of benzene rings is 1. The van der Waals surface area contributed by atoms with Crippen molar-refractivity contribution >= 4 is 12.0 Å². The standard InChI is InChI=1S/C14H12N2O2/c17-14-11-5-3-1-2-4-8-12-9-6-7-10-13(12)18-16-15-14/h1-10H,11H2. The molecule has 1 aliphatic rings. The predicted octanol–water partition coefficient (Wildman–Crippen LogP) is 3.49. The second-order valence-electron chi connectivity index (χ2n) is 3.58. The Balaban J connectivity index is 2.30. The zero-order valence-corrected chi connectivity index (χ0v) is 9.69. The highest BCUT2D eigenvalue weighted by atomic mass is 16.6. The normalized spacial score (nSPS) is 15.2. The van der Waals surface area contributed by atoms with E-state index in [0.29, 0.717) is 5.75 Å². The molecule has 4 heteroatoms. The van der Waals surface area contributed by atoms with Gasteiger partial charge in [-0.3, -0.25) is 4.79 Å². The molecule has 2 rings (SSSR count). The summed E-state index contributed by atoms with van der Waals surface area (Å²) in [6, 6.07) is 7.40. The number of hydrogen-bond acceptors (Lipinski definition) is 3. The van der Waals surface area contributed by atoms with Gasteiger partial charge >= 0.3 is 0 Å². The van der Waals surface area contributed by atoms with Gasteiger partial charge in [-0.1, -0.05) is 59.8 Å². The molecule has 0 unspecified atom stereocenters. The molecule has 1 aromatic rings. The van der Waals surface area contributed by atoms with Crippen molar-refractivity contribution in [1.82, 2.24) is 0 Å². The molecule has 4 nitrogen and oxygen atoms in total. The van der Waals surface area contributed by atoms with E-state index < -0.39 is 0 Å². The van der Waals surface area contributed by atoms with E-state index >= 15 is 0 Å². The topological polar surface area (TPSA) is 51.0 Å². The van der Waals surface area contributed by atoms with E-state index in [0.717, 1.165) is 5.56 Å². The Morgan fingerprint density at radius 3 is 2.83 bits per heavy atom. The van der Waals surface area contributed by atoms with Crippen molar-refractivity contribution in [1.29, 1.82) is 0 Å². The predicted molar refractivity (Wildman–Crippen MR) is 68.9 cm³/mol. The molecule has 0 aliphatic carbocycles. The van der Waals surface area contributed by atoms with E-state index in [9.17, 15) is 4.79 Å². The monoisotopic (exact) mass is 240 g/mol. The summed E-state index contributed by atoms with van der Waals surface area (Å²) in [6.45, 7) is 0. The summed E-state index contributed by atoms with van der Waals surface area (Å²) in [5.74, 6) is 0.218. The molecule has 1 heterocycles.